The minimum absolute atomic E-state index is 0.750. The summed E-state index contributed by atoms with van der Waals surface area (Å²) in [6.45, 7) is 4.43. The molecule has 1 radical (unpaired) electrons. The monoisotopic (exact) mass is 205 g/mol. The third-order valence-electron chi connectivity index (χ3n) is 1.57. The minimum atomic E-state index is 0.750. The second kappa shape index (κ2) is 7.59. The van der Waals surface area contributed by atoms with Gasteiger partial charge in [0.15, 0.2) is 0 Å². The van der Waals surface area contributed by atoms with Gasteiger partial charge in [0.05, 0.1) is 0 Å². The molecule has 1 heteroatoms. The Labute approximate surface area is 73.5 Å². The molecule has 10 heavy (non-hydrogen) atoms. The van der Waals surface area contributed by atoms with Crippen molar-refractivity contribution in [3.63, 3.8) is 0 Å². The molecule has 0 aromatic rings. The van der Waals surface area contributed by atoms with E-state index in [1.165, 1.54) is 32.1 Å². The van der Waals surface area contributed by atoms with Crippen molar-refractivity contribution in [2.45, 2.75) is 50.8 Å². The molecule has 0 heterocycles. The van der Waals surface area contributed by atoms with Gasteiger partial charge in [-0.3, -0.25) is 0 Å². The average molecular weight is 206 g/mol. The van der Waals surface area contributed by atoms with Crippen molar-refractivity contribution in [1.29, 1.82) is 0 Å². The lowest BCUT2D eigenvalue weighted by atomic mass is 10.1. The number of alkyl halides is 1. The van der Waals surface area contributed by atoms with E-state index in [9.17, 15) is 0 Å². The lowest BCUT2D eigenvalue weighted by Gasteiger charge is -2.05. The summed E-state index contributed by atoms with van der Waals surface area (Å²) in [4.78, 5) is 0.750. The Morgan fingerprint density at radius 3 is 2.50 bits per heavy atom. The Morgan fingerprint density at radius 1 is 1.30 bits per heavy atom. The normalized spacial score (nSPS) is 13.5. The van der Waals surface area contributed by atoms with E-state index in [2.05, 4.69) is 36.2 Å². The van der Waals surface area contributed by atoms with E-state index in [0.29, 0.717) is 0 Å². The molecule has 61 valence electrons. The standard InChI is InChI=1S/C9H18Br/c1-3-5-6-8-9(10)7-4-2/h5,9H,3-4,6-8H2,1-2H3. The van der Waals surface area contributed by atoms with Gasteiger partial charge in [0.2, 0.25) is 0 Å². The van der Waals surface area contributed by atoms with Gasteiger partial charge in [-0.15, -0.1) is 0 Å². The van der Waals surface area contributed by atoms with Crippen LogP contribution in [0.1, 0.15) is 46.0 Å². The maximum atomic E-state index is 3.65. The highest BCUT2D eigenvalue weighted by atomic mass is 79.9. The summed E-state index contributed by atoms with van der Waals surface area (Å²) in [7, 11) is 0. The van der Waals surface area contributed by atoms with E-state index in [4.69, 9.17) is 0 Å². The highest BCUT2D eigenvalue weighted by molar-refractivity contribution is 9.09. The summed E-state index contributed by atoms with van der Waals surface area (Å²) >= 11 is 3.65. The molecule has 0 spiro atoms. The Hall–Kier alpha value is 0.480. The predicted octanol–water partition coefficient (Wildman–Crippen LogP) is 3.94. The molecule has 1 atom stereocenters. The Bertz CT molecular complexity index is 61.7. The summed E-state index contributed by atoms with van der Waals surface area (Å²) in [5.74, 6) is 0. The second-order valence-corrected chi connectivity index (χ2v) is 3.96. The van der Waals surface area contributed by atoms with Gasteiger partial charge in [0.1, 0.15) is 0 Å². The van der Waals surface area contributed by atoms with Crippen LogP contribution in [0.4, 0.5) is 0 Å². The molecule has 0 aromatic carbocycles. The number of unbranched alkanes of at least 4 members (excludes halogenated alkanes) is 2. The van der Waals surface area contributed by atoms with E-state index < -0.39 is 0 Å². The number of halogens is 1. The quantitative estimate of drug-likeness (QED) is 0.456. The number of rotatable bonds is 6. The summed E-state index contributed by atoms with van der Waals surface area (Å²) in [6, 6.07) is 0. The van der Waals surface area contributed by atoms with Crippen molar-refractivity contribution in [1.82, 2.24) is 0 Å². The topological polar surface area (TPSA) is 0 Å². The van der Waals surface area contributed by atoms with Gasteiger partial charge in [-0.05, 0) is 25.7 Å². The van der Waals surface area contributed by atoms with E-state index in [-0.39, 0.29) is 0 Å². The van der Waals surface area contributed by atoms with Crippen LogP contribution in [-0.2, 0) is 0 Å². The summed E-state index contributed by atoms with van der Waals surface area (Å²) < 4.78 is 0. The van der Waals surface area contributed by atoms with Crippen LogP contribution in [0.15, 0.2) is 0 Å². The van der Waals surface area contributed by atoms with Crippen LogP contribution < -0.4 is 0 Å². The maximum absolute atomic E-state index is 3.65. The summed E-state index contributed by atoms with van der Waals surface area (Å²) in [5, 5.41) is 0. The Morgan fingerprint density at radius 2 is 2.00 bits per heavy atom. The molecular formula is C9H18Br. The van der Waals surface area contributed by atoms with Crippen LogP contribution in [0.3, 0.4) is 0 Å². The Kier molecular flexibility index (Phi) is 7.95. The number of hydrogen-bond acceptors (Lipinski definition) is 0. The molecular weight excluding hydrogens is 188 g/mol. The van der Waals surface area contributed by atoms with Crippen LogP contribution in [-0.4, -0.2) is 4.83 Å². The van der Waals surface area contributed by atoms with Gasteiger partial charge in [-0.2, -0.15) is 0 Å². The average Bonchev–Trinajstić information content (AvgIpc) is 1.89. The fourth-order valence-corrected chi connectivity index (χ4v) is 1.68. The van der Waals surface area contributed by atoms with E-state index in [1.807, 2.05) is 0 Å². The molecule has 0 aliphatic heterocycles. The Balaban J connectivity index is 2.97. The second-order valence-electron chi connectivity index (χ2n) is 2.66. The predicted molar refractivity (Wildman–Crippen MR) is 51.4 cm³/mol. The van der Waals surface area contributed by atoms with Crippen molar-refractivity contribution in [2.75, 3.05) is 0 Å². The first-order valence-corrected chi connectivity index (χ1v) is 5.18. The summed E-state index contributed by atoms with van der Waals surface area (Å²) in [5.41, 5.74) is 0. The zero-order valence-corrected chi connectivity index (χ0v) is 8.65. The SMILES string of the molecule is CC[CH]CCC(Br)CCC. The van der Waals surface area contributed by atoms with Crippen molar-refractivity contribution in [2.24, 2.45) is 0 Å². The van der Waals surface area contributed by atoms with Crippen LogP contribution >= 0.6 is 15.9 Å². The fraction of sp³-hybridized carbons (Fsp3) is 0.889. The zero-order valence-electron chi connectivity index (χ0n) is 7.07. The molecule has 0 fully saturated rings. The first-order chi connectivity index (χ1) is 4.81. The third kappa shape index (κ3) is 6.60. The maximum Gasteiger partial charge on any atom is 0.0145 e. The number of hydrogen-bond donors (Lipinski definition) is 0. The van der Waals surface area contributed by atoms with Gasteiger partial charge in [0, 0.05) is 4.83 Å². The highest BCUT2D eigenvalue weighted by Gasteiger charge is 2.00. The van der Waals surface area contributed by atoms with Crippen LogP contribution in [0.2, 0.25) is 0 Å². The van der Waals surface area contributed by atoms with Crippen LogP contribution in [0.25, 0.3) is 0 Å². The van der Waals surface area contributed by atoms with Crippen molar-refractivity contribution < 1.29 is 0 Å². The van der Waals surface area contributed by atoms with Crippen LogP contribution in [0, 0.1) is 6.42 Å². The molecule has 0 nitrogen and oxygen atoms in total. The molecule has 1 unspecified atom stereocenters. The molecule has 0 aromatic heterocycles. The summed E-state index contributed by atoms with van der Waals surface area (Å²) in [6.07, 6.45) is 8.75. The molecule has 0 amide bonds. The lowest BCUT2D eigenvalue weighted by molar-refractivity contribution is 0.680. The van der Waals surface area contributed by atoms with E-state index in [0.717, 1.165) is 4.83 Å². The molecule has 0 saturated heterocycles. The molecule has 0 aliphatic carbocycles. The van der Waals surface area contributed by atoms with Crippen molar-refractivity contribution in [3.8, 4) is 0 Å². The highest BCUT2D eigenvalue weighted by Crippen LogP contribution is 2.15. The molecule has 0 aliphatic rings. The molecule has 0 saturated carbocycles. The molecule has 0 bridgehead atoms. The zero-order chi connectivity index (χ0) is 7.82. The van der Waals surface area contributed by atoms with Gasteiger partial charge in [-0.25, -0.2) is 0 Å². The molecule has 0 N–H and O–H groups in total. The third-order valence-corrected chi connectivity index (χ3v) is 2.49. The van der Waals surface area contributed by atoms with Crippen molar-refractivity contribution >= 4 is 15.9 Å². The first kappa shape index (κ1) is 10.5. The lowest BCUT2D eigenvalue weighted by Crippen LogP contribution is -1.96. The van der Waals surface area contributed by atoms with Crippen molar-refractivity contribution in [3.05, 3.63) is 6.42 Å². The van der Waals surface area contributed by atoms with E-state index >= 15 is 0 Å². The van der Waals surface area contributed by atoms with E-state index in [1.54, 1.807) is 0 Å². The minimum Gasteiger partial charge on any atom is -0.0891 e. The molecule has 0 rings (SSSR count). The fourth-order valence-electron chi connectivity index (χ4n) is 0.960. The van der Waals surface area contributed by atoms with Gasteiger partial charge in [0.25, 0.3) is 0 Å². The van der Waals surface area contributed by atoms with Gasteiger partial charge < -0.3 is 0 Å². The van der Waals surface area contributed by atoms with Gasteiger partial charge >= 0.3 is 0 Å². The van der Waals surface area contributed by atoms with Crippen LogP contribution in [0.5, 0.6) is 0 Å². The largest absolute Gasteiger partial charge is 0.0891 e. The first-order valence-electron chi connectivity index (χ1n) is 4.27. The van der Waals surface area contributed by atoms with Gasteiger partial charge in [-0.1, -0.05) is 42.6 Å². The smallest absolute Gasteiger partial charge is 0.0145 e.